The van der Waals surface area contributed by atoms with Gasteiger partial charge in [0.25, 0.3) is 0 Å². The Hall–Kier alpha value is -3.64. The number of aliphatic imine (C=N–C) groups is 1. The number of rotatable bonds is 7. The Kier molecular flexibility index (Phi) is 6.59. The van der Waals surface area contributed by atoms with Gasteiger partial charge in [0, 0.05) is 29.8 Å². The molecule has 1 fully saturated rings. The van der Waals surface area contributed by atoms with E-state index in [1.807, 2.05) is 78.9 Å². The maximum absolute atomic E-state index is 12.8. The highest BCUT2D eigenvalue weighted by molar-refractivity contribution is 8.14. The summed E-state index contributed by atoms with van der Waals surface area (Å²) in [5.74, 6) is -0.0670. The number of carbonyl (C=O) groups excluding carboxylic acids is 2. The van der Waals surface area contributed by atoms with Crippen LogP contribution in [0.4, 0.5) is 5.69 Å². The summed E-state index contributed by atoms with van der Waals surface area (Å²) in [7, 11) is 0. The van der Waals surface area contributed by atoms with Gasteiger partial charge in [-0.1, -0.05) is 90.6 Å². The van der Waals surface area contributed by atoms with E-state index in [4.69, 9.17) is 0 Å². The van der Waals surface area contributed by atoms with Gasteiger partial charge < -0.3 is 0 Å². The number of amidine groups is 1. The molecular weight excluding hydrogens is 406 g/mol. The van der Waals surface area contributed by atoms with Gasteiger partial charge >= 0.3 is 0 Å². The number of Topliss-reactive ketones (excluding diaryl/α,β-unsaturated/α-hetero) is 1. The molecule has 0 bridgehead atoms. The van der Waals surface area contributed by atoms with Gasteiger partial charge in [-0.05, 0) is 12.1 Å². The van der Waals surface area contributed by atoms with Gasteiger partial charge in [-0.3, -0.25) is 20.0 Å². The minimum absolute atomic E-state index is 0.0358. The molecule has 6 heteroatoms. The highest BCUT2D eigenvalue weighted by Gasteiger charge is 2.30. The first-order valence-corrected chi connectivity index (χ1v) is 10.8. The molecule has 1 saturated heterocycles. The Morgan fingerprint density at radius 1 is 0.871 bits per heavy atom. The molecule has 1 aliphatic rings. The van der Waals surface area contributed by atoms with Crippen LogP contribution in [-0.2, 0) is 0 Å². The van der Waals surface area contributed by atoms with Crippen LogP contribution in [0.25, 0.3) is 0 Å². The molecule has 1 N–H and O–H groups in total. The largest absolute Gasteiger partial charge is 0.294 e. The molecular formula is C25H21N3O2S. The van der Waals surface area contributed by atoms with Crippen LogP contribution in [0, 0.1) is 0 Å². The number of benzene rings is 3. The van der Waals surface area contributed by atoms with Crippen LogP contribution >= 0.6 is 11.8 Å². The summed E-state index contributed by atoms with van der Waals surface area (Å²) in [4.78, 5) is 29.9. The Balaban J connectivity index is 1.53. The third-order valence-electron chi connectivity index (χ3n) is 4.67. The number of para-hydroxylation sites is 1. The Morgan fingerprint density at radius 3 is 2.10 bits per heavy atom. The van der Waals surface area contributed by atoms with Crippen molar-refractivity contribution in [2.75, 3.05) is 0 Å². The maximum Gasteiger partial charge on any atom is 0.187 e. The lowest BCUT2D eigenvalue weighted by Gasteiger charge is -2.19. The highest BCUT2D eigenvalue weighted by Crippen LogP contribution is 2.29. The predicted molar refractivity (Wildman–Crippen MR) is 125 cm³/mol. The smallest absolute Gasteiger partial charge is 0.187 e. The molecule has 0 radical (unpaired) electrons. The van der Waals surface area contributed by atoms with Gasteiger partial charge in [0.2, 0.25) is 0 Å². The van der Waals surface area contributed by atoms with Crippen molar-refractivity contribution in [2.45, 2.75) is 11.8 Å². The van der Waals surface area contributed by atoms with Crippen LogP contribution in [0.2, 0.25) is 0 Å². The van der Waals surface area contributed by atoms with Crippen LogP contribution in [0.1, 0.15) is 27.1 Å². The summed E-state index contributed by atoms with van der Waals surface area (Å²) < 4.78 is 0. The van der Waals surface area contributed by atoms with Gasteiger partial charge in [0.1, 0.15) is 5.37 Å². The zero-order valence-corrected chi connectivity index (χ0v) is 17.5. The van der Waals surface area contributed by atoms with Crippen molar-refractivity contribution in [1.82, 2.24) is 10.4 Å². The second-order valence-corrected chi connectivity index (χ2v) is 8.05. The second kappa shape index (κ2) is 9.91. The van der Waals surface area contributed by atoms with E-state index in [-0.39, 0.29) is 23.4 Å². The lowest BCUT2D eigenvalue weighted by Crippen LogP contribution is -2.34. The average Bonchev–Trinajstić information content (AvgIpc) is 3.20. The van der Waals surface area contributed by atoms with Crippen LogP contribution in [0.3, 0.4) is 0 Å². The Morgan fingerprint density at radius 2 is 1.45 bits per heavy atom. The summed E-state index contributed by atoms with van der Waals surface area (Å²) in [5, 5.41) is 2.22. The first-order chi connectivity index (χ1) is 15.2. The fraction of sp³-hybridized carbons (Fsp3) is 0.0800. The molecule has 0 amide bonds. The number of allylic oxidation sites excluding steroid dienone is 1. The molecule has 31 heavy (non-hydrogen) atoms. The SMILES string of the molecule is O=C(/C=C/N1NC(=Nc2ccccc2)SC1CC(=O)c1ccccc1)c1ccccc1. The van der Waals surface area contributed by atoms with E-state index in [1.165, 1.54) is 17.8 Å². The molecule has 3 aromatic rings. The molecule has 0 spiro atoms. The molecule has 0 aliphatic carbocycles. The Bertz CT molecular complexity index is 1100. The first-order valence-electron chi connectivity index (χ1n) is 9.90. The van der Waals surface area contributed by atoms with Crippen LogP contribution in [0.15, 0.2) is 108 Å². The molecule has 1 unspecified atom stereocenters. The standard InChI is InChI=1S/C25H21N3O2S/c29-22(19-10-4-1-5-11-19)16-17-28-24(18-23(30)20-12-6-2-7-13-20)31-25(27-28)26-21-14-8-3-9-15-21/h1-17,24H,18H2,(H,26,27)/b17-16+. The van der Waals surface area contributed by atoms with Gasteiger partial charge in [0.15, 0.2) is 16.7 Å². The molecule has 154 valence electrons. The lowest BCUT2D eigenvalue weighted by atomic mass is 10.1. The van der Waals surface area contributed by atoms with E-state index >= 15 is 0 Å². The van der Waals surface area contributed by atoms with Crippen molar-refractivity contribution < 1.29 is 9.59 Å². The monoisotopic (exact) mass is 427 g/mol. The maximum atomic E-state index is 12.8. The molecule has 0 saturated carbocycles. The van der Waals surface area contributed by atoms with Gasteiger partial charge in [-0.2, -0.15) is 0 Å². The molecule has 0 aromatic heterocycles. The summed E-state index contributed by atoms with van der Waals surface area (Å²) in [6, 6.07) is 27.9. The van der Waals surface area contributed by atoms with E-state index in [0.717, 1.165) is 5.69 Å². The second-order valence-electron chi connectivity index (χ2n) is 6.88. The summed E-state index contributed by atoms with van der Waals surface area (Å²) in [6.45, 7) is 0. The van der Waals surface area contributed by atoms with Crippen LogP contribution < -0.4 is 5.43 Å². The zero-order valence-electron chi connectivity index (χ0n) is 16.7. The number of ketones is 2. The Labute approximate surface area is 185 Å². The minimum Gasteiger partial charge on any atom is -0.294 e. The number of hydrazine groups is 1. The molecule has 1 atom stereocenters. The number of nitrogens with zero attached hydrogens (tertiary/aromatic N) is 2. The van der Waals surface area contributed by atoms with Gasteiger partial charge in [-0.25, -0.2) is 4.99 Å². The third kappa shape index (κ3) is 5.49. The van der Waals surface area contributed by atoms with Crippen LogP contribution in [-0.4, -0.2) is 27.1 Å². The molecule has 5 nitrogen and oxygen atoms in total. The third-order valence-corrected chi connectivity index (χ3v) is 5.74. The van der Waals surface area contributed by atoms with Crippen molar-refractivity contribution in [3.8, 4) is 0 Å². The average molecular weight is 428 g/mol. The quantitative estimate of drug-likeness (QED) is 0.414. The van der Waals surface area contributed by atoms with Gasteiger partial charge in [0.05, 0.1) is 5.69 Å². The number of nitrogens with one attached hydrogen (secondary N) is 1. The van der Waals surface area contributed by atoms with Gasteiger partial charge in [-0.15, -0.1) is 0 Å². The number of hydrogen-bond donors (Lipinski definition) is 1. The zero-order chi connectivity index (χ0) is 21.5. The number of hydrogen-bond acceptors (Lipinski definition) is 5. The fourth-order valence-electron chi connectivity index (χ4n) is 3.09. The summed E-state index contributed by atoms with van der Waals surface area (Å²) in [5.41, 5.74) is 5.30. The van der Waals surface area contributed by atoms with Crippen molar-refractivity contribution >= 4 is 34.2 Å². The first kappa shape index (κ1) is 20.6. The van der Waals surface area contributed by atoms with Crippen molar-refractivity contribution in [3.63, 3.8) is 0 Å². The lowest BCUT2D eigenvalue weighted by molar-refractivity contribution is 0.0963. The number of carbonyl (C=O) groups is 2. The molecule has 1 aliphatic heterocycles. The number of thioether (sulfide) groups is 1. The van der Waals surface area contributed by atoms with Crippen LogP contribution in [0.5, 0.6) is 0 Å². The predicted octanol–water partition coefficient (Wildman–Crippen LogP) is 5.22. The summed E-state index contributed by atoms with van der Waals surface area (Å²) >= 11 is 1.47. The topological polar surface area (TPSA) is 61.8 Å². The summed E-state index contributed by atoms with van der Waals surface area (Å²) in [6.07, 6.45) is 3.46. The van der Waals surface area contributed by atoms with Crippen molar-refractivity contribution in [1.29, 1.82) is 0 Å². The fourth-order valence-corrected chi connectivity index (χ4v) is 4.13. The highest BCUT2D eigenvalue weighted by atomic mass is 32.2. The minimum atomic E-state index is -0.227. The molecule has 4 rings (SSSR count). The van der Waals surface area contributed by atoms with E-state index in [0.29, 0.717) is 16.3 Å². The molecule has 1 heterocycles. The van der Waals surface area contributed by atoms with Crippen molar-refractivity contribution in [2.24, 2.45) is 4.99 Å². The van der Waals surface area contributed by atoms with E-state index in [1.54, 1.807) is 23.3 Å². The normalized spacial score (nSPS) is 17.1. The van der Waals surface area contributed by atoms with E-state index in [9.17, 15) is 9.59 Å². The van der Waals surface area contributed by atoms with E-state index < -0.39 is 0 Å². The van der Waals surface area contributed by atoms with Crippen molar-refractivity contribution in [3.05, 3.63) is 114 Å². The van der Waals surface area contributed by atoms with E-state index in [2.05, 4.69) is 10.4 Å². The molecule has 3 aromatic carbocycles.